The highest BCUT2D eigenvalue weighted by Crippen LogP contribution is 2.05. The van der Waals surface area contributed by atoms with Gasteiger partial charge in [0.1, 0.15) is 0 Å². The summed E-state index contributed by atoms with van der Waals surface area (Å²) in [5.41, 5.74) is 2.77. The van der Waals surface area contributed by atoms with E-state index in [0.717, 1.165) is 39.3 Å². The molecule has 1 saturated heterocycles. The van der Waals surface area contributed by atoms with Gasteiger partial charge in [-0.15, -0.1) is 0 Å². The number of ether oxygens (including phenoxy) is 1. The first-order valence-electron chi connectivity index (χ1n) is 6.79. The first-order valence-corrected chi connectivity index (χ1v) is 6.79. The number of hydrogen-bond donors (Lipinski definition) is 1. The molecule has 100 valence electrons. The third kappa shape index (κ3) is 4.41. The van der Waals surface area contributed by atoms with Crippen molar-refractivity contribution in [3.63, 3.8) is 0 Å². The van der Waals surface area contributed by atoms with Crippen molar-refractivity contribution < 1.29 is 4.74 Å². The Hall–Kier alpha value is -0.900. The lowest BCUT2D eigenvalue weighted by Gasteiger charge is -2.28. The Morgan fingerprint density at radius 2 is 2.33 bits per heavy atom. The molecule has 1 aromatic carbocycles. The molecule has 0 saturated carbocycles. The number of rotatable bonds is 5. The highest BCUT2D eigenvalue weighted by molar-refractivity contribution is 5.22. The van der Waals surface area contributed by atoms with Crippen LogP contribution in [0.5, 0.6) is 0 Å². The summed E-state index contributed by atoms with van der Waals surface area (Å²) in [7, 11) is 2.19. The zero-order valence-corrected chi connectivity index (χ0v) is 11.5. The van der Waals surface area contributed by atoms with Crippen LogP contribution in [0.1, 0.15) is 11.1 Å². The van der Waals surface area contributed by atoms with E-state index in [2.05, 4.69) is 48.5 Å². The molecule has 0 bridgehead atoms. The van der Waals surface area contributed by atoms with Crippen molar-refractivity contribution in [2.75, 3.05) is 39.9 Å². The lowest BCUT2D eigenvalue weighted by atomic mass is 10.1. The van der Waals surface area contributed by atoms with Crippen LogP contribution in [0.25, 0.3) is 0 Å². The van der Waals surface area contributed by atoms with Gasteiger partial charge in [0.25, 0.3) is 0 Å². The second kappa shape index (κ2) is 6.88. The highest BCUT2D eigenvalue weighted by atomic mass is 16.5. The fourth-order valence-corrected chi connectivity index (χ4v) is 2.39. The number of benzene rings is 1. The molecule has 0 spiro atoms. The van der Waals surface area contributed by atoms with Crippen molar-refractivity contribution in [2.24, 2.45) is 0 Å². The average Bonchev–Trinajstić information content (AvgIpc) is 2.38. The van der Waals surface area contributed by atoms with Crippen LogP contribution >= 0.6 is 0 Å². The van der Waals surface area contributed by atoms with Crippen molar-refractivity contribution in [1.29, 1.82) is 0 Å². The van der Waals surface area contributed by atoms with Gasteiger partial charge in [-0.2, -0.15) is 0 Å². The molecule has 1 unspecified atom stereocenters. The standard InChI is InChI=1S/C15H24N2O/c1-13-4-3-5-14(10-13)6-8-17(2)11-15-12-18-9-7-16-15/h3-5,10,15-16H,6-9,11-12H2,1-2H3. The van der Waals surface area contributed by atoms with Crippen LogP contribution in [0.15, 0.2) is 24.3 Å². The van der Waals surface area contributed by atoms with Crippen molar-refractivity contribution in [3.8, 4) is 0 Å². The monoisotopic (exact) mass is 248 g/mol. The zero-order chi connectivity index (χ0) is 12.8. The van der Waals surface area contributed by atoms with Crippen LogP contribution in [0.4, 0.5) is 0 Å². The third-order valence-corrected chi connectivity index (χ3v) is 3.40. The Morgan fingerprint density at radius 3 is 3.06 bits per heavy atom. The summed E-state index contributed by atoms with van der Waals surface area (Å²) >= 11 is 0. The minimum absolute atomic E-state index is 0.487. The Kier molecular flexibility index (Phi) is 5.17. The molecular weight excluding hydrogens is 224 g/mol. The van der Waals surface area contributed by atoms with Gasteiger partial charge in [0.05, 0.1) is 13.2 Å². The Bertz CT molecular complexity index is 361. The first-order chi connectivity index (χ1) is 8.74. The maximum absolute atomic E-state index is 5.47. The van der Waals surface area contributed by atoms with Gasteiger partial charge >= 0.3 is 0 Å². The summed E-state index contributed by atoms with van der Waals surface area (Å²) in [5, 5.41) is 3.49. The molecule has 0 aliphatic carbocycles. The number of morpholine rings is 1. The fraction of sp³-hybridized carbons (Fsp3) is 0.600. The lowest BCUT2D eigenvalue weighted by Crippen LogP contribution is -2.47. The van der Waals surface area contributed by atoms with Crippen molar-refractivity contribution in [3.05, 3.63) is 35.4 Å². The van der Waals surface area contributed by atoms with E-state index in [0.29, 0.717) is 6.04 Å². The Morgan fingerprint density at radius 1 is 1.44 bits per heavy atom. The lowest BCUT2D eigenvalue weighted by molar-refractivity contribution is 0.0655. The molecule has 1 fully saturated rings. The number of aryl methyl sites for hydroxylation is 1. The molecule has 1 aliphatic rings. The molecule has 2 rings (SSSR count). The molecule has 18 heavy (non-hydrogen) atoms. The van der Waals surface area contributed by atoms with Crippen LogP contribution in [0, 0.1) is 6.92 Å². The second-order valence-corrected chi connectivity index (χ2v) is 5.23. The van der Waals surface area contributed by atoms with Crippen LogP contribution < -0.4 is 5.32 Å². The number of likely N-dealkylation sites (N-methyl/N-ethyl adjacent to an activating group) is 1. The summed E-state index contributed by atoms with van der Waals surface area (Å²) in [4.78, 5) is 2.38. The van der Waals surface area contributed by atoms with E-state index in [4.69, 9.17) is 4.74 Å². The molecule has 3 nitrogen and oxygen atoms in total. The predicted octanol–water partition coefficient (Wildman–Crippen LogP) is 1.46. The van der Waals surface area contributed by atoms with E-state index in [1.54, 1.807) is 0 Å². The largest absolute Gasteiger partial charge is 0.378 e. The van der Waals surface area contributed by atoms with Gasteiger partial charge in [0.15, 0.2) is 0 Å². The average molecular weight is 248 g/mol. The molecule has 0 radical (unpaired) electrons. The Labute approximate surface area is 110 Å². The van der Waals surface area contributed by atoms with Crippen molar-refractivity contribution in [2.45, 2.75) is 19.4 Å². The topological polar surface area (TPSA) is 24.5 Å². The summed E-state index contributed by atoms with van der Waals surface area (Å²) in [5.74, 6) is 0. The minimum Gasteiger partial charge on any atom is -0.378 e. The van der Waals surface area contributed by atoms with Gasteiger partial charge < -0.3 is 15.0 Å². The highest BCUT2D eigenvalue weighted by Gasteiger charge is 2.14. The van der Waals surface area contributed by atoms with Gasteiger partial charge in [-0.3, -0.25) is 0 Å². The number of nitrogens with zero attached hydrogens (tertiary/aromatic N) is 1. The maximum Gasteiger partial charge on any atom is 0.0632 e. The Balaban J connectivity index is 1.72. The third-order valence-electron chi connectivity index (χ3n) is 3.40. The normalized spacial score (nSPS) is 20.3. The minimum atomic E-state index is 0.487. The van der Waals surface area contributed by atoms with E-state index in [1.165, 1.54) is 11.1 Å². The molecule has 1 N–H and O–H groups in total. The maximum atomic E-state index is 5.47. The molecule has 0 amide bonds. The zero-order valence-electron chi connectivity index (χ0n) is 11.5. The van der Waals surface area contributed by atoms with Crippen molar-refractivity contribution >= 4 is 0 Å². The summed E-state index contributed by atoms with van der Waals surface area (Å²) in [6.45, 7) is 6.98. The van der Waals surface area contributed by atoms with Gasteiger partial charge in [-0.05, 0) is 26.0 Å². The predicted molar refractivity (Wildman–Crippen MR) is 75.0 cm³/mol. The van der Waals surface area contributed by atoms with E-state index in [9.17, 15) is 0 Å². The smallest absolute Gasteiger partial charge is 0.0632 e. The van der Waals surface area contributed by atoms with E-state index >= 15 is 0 Å². The molecule has 3 heteroatoms. The van der Waals surface area contributed by atoms with E-state index in [-0.39, 0.29) is 0 Å². The van der Waals surface area contributed by atoms with Crippen molar-refractivity contribution in [1.82, 2.24) is 10.2 Å². The molecular formula is C15H24N2O. The number of nitrogens with one attached hydrogen (secondary N) is 1. The van der Waals surface area contributed by atoms with Gasteiger partial charge in [-0.1, -0.05) is 29.8 Å². The fourth-order valence-electron chi connectivity index (χ4n) is 2.39. The summed E-state index contributed by atoms with van der Waals surface area (Å²) in [6.07, 6.45) is 1.12. The van der Waals surface area contributed by atoms with Gasteiger partial charge in [0, 0.05) is 25.7 Å². The van der Waals surface area contributed by atoms with Crippen LogP contribution in [0.2, 0.25) is 0 Å². The van der Waals surface area contributed by atoms with Gasteiger partial charge in [-0.25, -0.2) is 0 Å². The number of hydrogen-bond acceptors (Lipinski definition) is 3. The quantitative estimate of drug-likeness (QED) is 0.854. The molecule has 1 heterocycles. The molecule has 1 aliphatic heterocycles. The second-order valence-electron chi connectivity index (χ2n) is 5.23. The van der Waals surface area contributed by atoms with Gasteiger partial charge in [0.2, 0.25) is 0 Å². The SMILES string of the molecule is Cc1cccc(CCN(C)CC2COCCN2)c1. The first kappa shape index (κ1) is 13.5. The van der Waals surface area contributed by atoms with Crippen LogP contribution in [-0.4, -0.2) is 50.8 Å². The summed E-state index contributed by atoms with van der Waals surface area (Å²) < 4.78 is 5.47. The molecule has 0 aromatic heterocycles. The summed E-state index contributed by atoms with van der Waals surface area (Å²) in [6, 6.07) is 9.26. The van der Waals surface area contributed by atoms with E-state index in [1.807, 2.05) is 0 Å². The van der Waals surface area contributed by atoms with Crippen LogP contribution in [0.3, 0.4) is 0 Å². The van der Waals surface area contributed by atoms with Crippen LogP contribution in [-0.2, 0) is 11.2 Å². The van der Waals surface area contributed by atoms with E-state index < -0.39 is 0 Å². The molecule has 1 aromatic rings. The molecule has 1 atom stereocenters.